The summed E-state index contributed by atoms with van der Waals surface area (Å²) in [6.07, 6.45) is -3.13. The largest absolute Gasteiger partial charge is 0.458 e. The van der Waals surface area contributed by atoms with Crippen LogP contribution in [-0.2, 0) is 21.5 Å². The standard InChI is InChI=1S/C19H19F5N2O3S/c1-3-29-12-26(17(27)15-9-10-25-11-16(15)30(28)4-2)14-7-5-13(6-8-14)18(20,21)19(22,23)24/h5-11H,3-4,12H2,1-2H3. The van der Waals surface area contributed by atoms with Crippen LogP contribution in [0.15, 0.2) is 47.6 Å². The summed E-state index contributed by atoms with van der Waals surface area (Å²) in [6.45, 7) is 3.26. The minimum Gasteiger partial charge on any atom is -0.361 e. The van der Waals surface area contributed by atoms with Gasteiger partial charge < -0.3 is 4.74 Å². The van der Waals surface area contributed by atoms with Crippen LogP contribution in [0.2, 0.25) is 0 Å². The molecule has 1 atom stereocenters. The number of rotatable bonds is 8. The third-order valence-electron chi connectivity index (χ3n) is 4.09. The first-order valence-electron chi connectivity index (χ1n) is 8.81. The number of carbonyl (C=O) groups is 1. The van der Waals surface area contributed by atoms with Gasteiger partial charge in [-0.2, -0.15) is 22.0 Å². The first-order chi connectivity index (χ1) is 14.0. The zero-order valence-corrected chi connectivity index (χ0v) is 16.9. The molecule has 5 nitrogen and oxygen atoms in total. The average molecular weight is 450 g/mol. The monoisotopic (exact) mass is 450 g/mol. The predicted molar refractivity (Wildman–Crippen MR) is 101 cm³/mol. The number of nitrogens with zero attached hydrogens (tertiary/aromatic N) is 2. The van der Waals surface area contributed by atoms with Crippen LogP contribution in [0.4, 0.5) is 27.6 Å². The lowest BCUT2D eigenvalue weighted by Crippen LogP contribution is -2.35. The minimum absolute atomic E-state index is 0.0419. The van der Waals surface area contributed by atoms with Crippen LogP contribution >= 0.6 is 0 Å². The van der Waals surface area contributed by atoms with Gasteiger partial charge in [-0.1, -0.05) is 19.1 Å². The maximum Gasteiger partial charge on any atom is 0.458 e. The molecule has 1 aromatic carbocycles. The van der Waals surface area contributed by atoms with Gasteiger partial charge in [0.2, 0.25) is 0 Å². The van der Waals surface area contributed by atoms with Gasteiger partial charge in [-0.15, -0.1) is 0 Å². The Kier molecular flexibility index (Phi) is 7.64. The van der Waals surface area contributed by atoms with E-state index in [2.05, 4.69) is 4.98 Å². The topological polar surface area (TPSA) is 59.5 Å². The van der Waals surface area contributed by atoms with Crippen LogP contribution in [0.3, 0.4) is 0 Å². The second kappa shape index (κ2) is 9.61. The van der Waals surface area contributed by atoms with E-state index in [9.17, 15) is 31.0 Å². The average Bonchev–Trinajstić information content (AvgIpc) is 2.72. The van der Waals surface area contributed by atoms with E-state index in [0.29, 0.717) is 12.1 Å². The van der Waals surface area contributed by atoms with Crippen molar-refractivity contribution in [3.63, 3.8) is 0 Å². The van der Waals surface area contributed by atoms with E-state index in [1.54, 1.807) is 13.8 Å². The van der Waals surface area contributed by atoms with Gasteiger partial charge in [-0.25, -0.2) is 0 Å². The van der Waals surface area contributed by atoms with Crippen LogP contribution in [0.1, 0.15) is 29.8 Å². The Bertz CT molecular complexity index is 904. The summed E-state index contributed by atoms with van der Waals surface area (Å²) in [4.78, 5) is 18.2. The second-order valence-corrected chi connectivity index (χ2v) is 7.69. The van der Waals surface area contributed by atoms with Gasteiger partial charge in [0.25, 0.3) is 5.91 Å². The fourth-order valence-electron chi connectivity index (χ4n) is 2.49. The highest BCUT2D eigenvalue weighted by molar-refractivity contribution is 7.85. The lowest BCUT2D eigenvalue weighted by atomic mass is 10.1. The molecule has 0 fully saturated rings. The summed E-state index contributed by atoms with van der Waals surface area (Å²) in [7, 11) is -1.50. The Morgan fingerprint density at radius 3 is 2.27 bits per heavy atom. The number of ether oxygens (including phenoxy) is 1. The van der Waals surface area contributed by atoms with E-state index in [0.717, 1.165) is 17.0 Å². The van der Waals surface area contributed by atoms with E-state index in [1.165, 1.54) is 18.5 Å². The van der Waals surface area contributed by atoms with Crippen molar-refractivity contribution in [2.45, 2.75) is 30.8 Å². The summed E-state index contributed by atoms with van der Waals surface area (Å²) < 4.78 is 82.3. The highest BCUT2D eigenvalue weighted by atomic mass is 32.2. The third kappa shape index (κ3) is 5.01. The molecule has 1 amide bonds. The third-order valence-corrected chi connectivity index (χ3v) is 5.43. The van der Waals surface area contributed by atoms with Crippen molar-refractivity contribution >= 4 is 22.4 Å². The SMILES string of the molecule is CCOCN(C(=O)c1ccncc1S(=O)CC)c1ccc(C(F)(F)C(F)(F)F)cc1. The van der Waals surface area contributed by atoms with Gasteiger partial charge in [0.15, 0.2) is 0 Å². The van der Waals surface area contributed by atoms with Gasteiger partial charge >= 0.3 is 12.1 Å². The zero-order valence-electron chi connectivity index (χ0n) is 16.1. The lowest BCUT2D eigenvalue weighted by molar-refractivity contribution is -0.289. The molecule has 0 spiro atoms. The number of aromatic nitrogens is 1. The molecule has 1 aromatic heterocycles. The molecule has 30 heavy (non-hydrogen) atoms. The Morgan fingerprint density at radius 2 is 1.73 bits per heavy atom. The molecule has 0 bridgehead atoms. The van der Waals surface area contributed by atoms with Crippen molar-refractivity contribution in [3.05, 3.63) is 53.9 Å². The second-order valence-electron chi connectivity index (χ2n) is 5.98. The molecule has 2 rings (SSSR count). The molecule has 0 saturated carbocycles. The molecule has 0 radical (unpaired) electrons. The summed E-state index contributed by atoms with van der Waals surface area (Å²) in [6, 6.07) is 4.52. The number of hydrogen-bond donors (Lipinski definition) is 0. The van der Waals surface area contributed by atoms with Crippen LogP contribution < -0.4 is 4.90 Å². The molecule has 1 unspecified atom stereocenters. The molecule has 0 aliphatic carbocycles. The molecule has 0 aliphatic heterocycles. The molecular weight excluding hydrogens is 431 g/mol. The van der Waals surface area contributed by atoms with Crippen LogP contribution in [0.25, 0.3) is 0 Å². The van der Waals surface area contributed by atoms with Crippen molar-refractivity contribution in [1.82, 2.24) is 4.98 Å². The van der Waals surface area contributed by atoms with Crippen LogP contribution in [0.5, 0.6) is 0 Å². The summed E-state index contributed by atoms with van der Waals surface area (Å²) >= 11 is 0. The fraction of sp³-hybridized carbons (Fsp3) is 0.368. The maximum absolute atomic E-state index is 13.5. The maximum atomic E-state index is 13.5. The van der Waals surface area contributed by atoms with Crippen LogP contribution in [0, 0.1) is 0 Å². The van der Waals surface area contributed by atoms with Crippen molar-refractivity contribution in [2.75, 3.05) is 24.0 Å². The zero-order chi connectivity index (χ0) is 22.5. The number of benzene rings is 1. The highest BCUT2D eigenvalue weighted by Gasteiger charge is 2.58. The summed E-state index contributed by atoms with van der Waals surface area (Å²) in [5.74, 6) is -5.45. The van der Waals surface area contributed by atoms with E-state index in [4.69, 9.17) is 4.74 Å². The van der Waals surface area contributed by atoms with Gasteiger partial charge in [0.1, 0.15) is 6.73 Å². The Labute approximate surface area is 172 Å². The number of halogens is 5. The highest BCUT2D eigenvalue weighted by Crippen LogP contribution is 2.44. The summed E-state index contributed by atoms with van der Waals surface area (Å²) in [5, 5.41) is 0. The molecule has 2 aromatic rings. The normalized spacial score (nSPS) is 13.2. The van der Waals surface area contributed by atoms with Gasteiger partial charge in [0.05, 0.1) is 21.3 Å². The Balaban J connectivity index is 2.44. The molecule has 0 saturated heterocycles. The van der Waals surface area contributed by atoms with Gasteiger partial charge in [0, 0.05) is 36.0 Å². The van der Waals surface area contributed by atoms with Gasteiger partial charge in [-0.05, 0) is 25.1 Å². The van der Waals surface area contributed by atoms with Crippen molar-refractivity contribution in [3.8, 4) is 0 Å². The number of anilines is 1. The molecule has 1 heterocycles. The van der Waals surface area contributed by atoms with E-state index >= 15 is 0 Å². The number of carbonyl (C=O) groups excluding carboxylic acids is 1. The number of amides is 1. The smallest absolute Gasteiger partial charge is 0.361 e. The predicted octanol–water partition coefficient (Wildman–Crippen LogP) is 4.50. The van der Waals surface area contributed by atoms with Crippen molar-refractivity contribution < 1.29 is 35.7 Å². The Morgan fingerprint density at radius 1 is 1.10 bits per heavy atom. The first-order valence-corrected chi connectivity index (χ1v) is 10.1. The van der Waals surface area contributed by atoms with Crippen molar-refractivity contribution in [1.29, 1.82) is 0 Å². The number of hydrogen-bond acceptors (Lipinski definition) is 4. The summed E-state index contributed by atoms with van der Waals surface area (Å²) in [5.41, 5.74) is -1.14. The van der Waals surface area contributed by atoms with E-state index in [1.807, 2.05) is 0 Å². The van der Waals surface area contributed by atoms with Crippen molar-refractivity contribution in [2.24, 2.45) is 0 Å². The molecule has 0 N–H and O–H groups in total. The molecule has 164 valence electrons. The Hall–Kier alpha value is -2.40. The number of alkyl halides is 5. The minimum atomic E-state index is -5.74. The van der Waals surface area contributed by atoms with E-state index in [-0.39, 0.29) is 35.2 Å². The van der Waals surface area contributed by atoms with Gasteiger partial charge in [-0.3, -0.25) is 18.9 Å². The fourth-order valence-corrected chi connectivity index (χ4v) is 3.38. The lowest BCUT2D eigenvalue weighted by Gasteiger charge is -2.25. The molecular formula is C19H19F5N2O3S. The quantitative estimate of drug-likeness (QED) is 0.439. The molecule has 0 aliphatic rings. The van der Waals surface area contributed by atoms with E-state index < -0.39 is 34.4 Å². The molecule has 11 heteroatoms. The number of pyridine rings is 1. The first kappa shape index (κ1) is 23.9. The van der Waals surface area contributed by atoms with Crippen LogP contribution in [-0.4, -0.2) is 40.4 Å².